The van der Waals surface area contributed by atoms with E-state index in [4.69, 9.17) is 9.15 Å². The first-order valence-electron chi connectivity index (χ1n) is 8.72. The van der Waals surface area contributed by atoms with Gasteiger partial charge in [0.25, 0.3) is 5.89 Å². The summed E-state index contributed by atoms with van der Waals surface area (Å²) in [5, 5.41) is 8.00. The summed E-state index contributed by atoms with van der Waals surface area (Å²) in [6.07, 6.45) is 5.66. The van der Waals surface area contributed by atoms with Gasteiger partial charge in [-0.25, -0.2) is 0 Å². The Morgan fingerprint density at radius 3 is 2.96 bits per heavy atom. The molecule has 0 radical (unpaired) electrons. The first-order valence-corrected chi connectivity index (χ1v) is 8.72. The Morgan fingerprint density at radius 2 is 2.21 bits per heavy atom. The number of benzene rings is 1. The SMILES string of the molecule is Cc1cccc(-c2nnc(COC(=O)C[C@H]3C[C@H]4CC[C@@H]3C4)o2)c1. The van der Waals surface area contributed by atoms with E-state index in [9.17, 15) is 4.79 Å². The van der Waals surface area contributed by atoms with Gasteiger partial charge in [-0.2, -0.15) is 0 Å². The first-order chi connectivity index (χ1) is 11.7. The molecule has 2 aliphatic carbocycles. The predicted molar refractivity (Wildman–Crippen MR) is 87.8 cm³/mol. The van der Waals surface area contributed by atoms with Gasteiger partial charge in [-0.3, -0.25) is 4.79 Å². The van der Waals surface area contributed by atoms with Crippen molar-refractivity contribution in [1.82, 2.24) is 10.2 Å². The lowest BCUT2D eigenvalue weighted by molar-refractivity contribution is -0.147. The third-order valence-corrected chi connectivity index (χ3v) is 5.40. The zero-order valence-corrected chi connectivity index (χ0v) is 13.9. The monoisotopic (exact) mass is 326 g/mol. The molecule has 4 rings (SSSR count). The smallest absolute Gasteiger partial charge is 0.306 e. The van der Waals surface area contributed by atoms with Crippen molar-refractivity contribution in [3.63, 3.8) is 0 Å². The minimum Gasteiger partial charge on any atom is -0.456 e. The average Bonchev–Trinajstić information content (AvgIpc) is 3.29. The highest BCUT2D eigenvalue weighted by Gasteiger charge is 2.40. The van der Waals surface area contributed by atoms with Crippen molar-refractivity contribution >= 4 is 5.97 Å². The highest BCUT2D eigenvalue weighted by atomic mass is 16.5. The van der Waals surface area contributed by atoms with E-state index in [-0.39, 0.29) is 12.6 Å². The van der Waals surface area contributed by atoms with Crippen molar-refractivity contribution in [3.8, 4) is 11.5 Å². The molecule has 0 aliphatic heterocycles. The van der Waals surface area contributed by atoms with Gasteiger partial charge in [-0.15, -0.1) is 10.2 Å². The van der Waals surface area contributed by atoms with Crippen LogP contribution in [0.2, 0.25) is 0 Å². The van der Waals surface area contributed by atoms with Gasteiger partial charge < -0.3 is 9.15 Å². The highest BCUT2D eigenvalue weighted by molar-refractivity contribution is 5.69. The maximum atomic E-state index is 12.1. The Bertz CT molecular complexity index is 740. The molecule has 1 heterocycles. The minimum absolute atomic E-state index is 0.0540. The number of rotatable bonds is 5. The van der Waals surface area contributed by atoms with E-state index < -0.39 is 0 Å². The molecular formula is C19H22N2O3. The van der Waals surface area contributed by atoms with Crippen LogP contribution in [0, 0.1) is 24.7 Å². The Hall–Kier alpha value is -2.17. The van der Waals surface area contributed by atoms with E-state index in [1.807, 2.05) is 31.2 Å². The number of carbonyl (C=O) groups excluding carboxylic acids is 1. The van der Waals surface area contributed by atoms with Crippen molar-refractivity contribution in [2.45, 2.75) is 45.6 Å². The summed E-state index contributed by atoms with van der Waals surface area (Å²) in [7, 11) is 0. The molecule has 0 unspecified atom stereocenters. The average molecular weight is 326 g/mol. The molecule has 0 spiro atoms. The number of aryl methyl sites for hydroxylation is 1. The van der Waals surface area contributed by atoms with Crippen molar-refractivity contribution in [2.75, 3.05) is 0 Å². The van der Waals surface area contributed by atoms with E-state index in [1.54, 1.807) is 0 Å². The van der Waals surface area contributed by atoms with Crippen LogP contribution in [0.3, 0.4) is 0 Å². The van der Waals surface area contributed by atoms with Gasteiger partial charge in [-0.05, 0) is 56.1 Å². The van der Waals surface area contributed by atoms with Gasteiger partial charge in [-0.1, -0.05) is 24.1 Å². The first kappa shape index (κ1) is 15.4. The lowest BCUT2D eigenvalue weighted by Gasteiger charge is -2.20. The number of aromatic nitrogens is 2. The number of carbonyl (C=O) groups is 1. The Balaban J connectivity index is 1.31. The molecule has 2 saturated carbocycles. The van der Waals surface area contributed by atoms with Crippen molar-refractivity contribution in [3.05, 3.63) is 35.7 Å². The second-order valence-corrected chi connectivity index (χ2v) is 7.17. The summed E-state index contributed by atoms with van der Waals surface area (Å²) < 4.78 is 10.9. The van der Waals surface area contributed by atoms with Gasteiger partial charge in [0, 0.05) is 12.0 Å². The van der Waals surface area contributed by atoms with Crippen molar-refractivity contribution < 1.29 is 13.9 Å². The third-order valence-electron chi connectivity index (χ3n) is 5.40. The molecular weight excluding hydrogens is 304 g/mol. The quantitative estimate of drug-likeness (QED) is 0.779. The molecule has 2 aromatic rings. The molecule has 2 aliphatic rings. The predicted octanol–water partition coefficient (Wildman–Crippen LogP) is 3.91. The normalized spacial score (nSPS) is 25.1. The Kier molecular flexibility index (Phi) is 4.08. The number of hydrogen-bond acceptors (Lipinski definition) is 5. The van der Waals surface area contributed by atoms with Crippen molar-refractivity contribution in [2.24, 2.45) is 17.8 Å². The van der Waals surface area contributed by atoms with Gasteiger partial charge in [0.1, 0.15) is 0 Å². The largest absolute Gasteiger partial charge is 0.456 e. The molecule has 1 aromatic carbocycles. The van der Waals surface area contributed by atoms with E-state index in [0.717, 1.165) is 23.0 Å². The van der Waals surface area contributed by atoms with Crippen LogP contribution >= 0.6 is 0 Å². The minimum atomic E-state index is -0.150. The number of esters is 1. The fourth-order valence-electron chi connectivity index (χ4n) is 4.25. The lowest BCUT2D eigenvalue weighted by atomic mass is 9.86. The van der Waals surface area contributed by atoms with Crippen LogP contribution in [-0.2, 0) is 16.1 Å². The summed E-state index contributed by atoms with van der Waals surface area (Å²) in [6, 6.07) is 7.87. The highest BCUT2D eigenvalue weighted by Crippen LogP contribution is 2.49. The summed E-state index contributed by atoms with van der Waals surface area (Å²) in [5.74, 6) is 2.75. The third kappa shape index (κ3) is 3.21. The summed E-state index contributed by atoms with van der Waals surface area (Å²) in [6.45, 7) is 2.07. The molecule has 24 heavy (non-hydrogen) atoms. The van der Waals surface area contributed by atoms with Crippen LogP contribution < -0.4 is 0 Å². The molecule has 2 bridgehead atoms. The van der Waals surface area contributed by atoms with E-state index in [2.05, 4.69) is 10.2 Å². The standard InChI is InChI=1S/C19H22N2O3/c1-12-3-2-4-15(7-12)19-21-20-17(24-19)11-23-18(22)10-16-9-13-5-6-14(16)8-13/h2-4,7,13-14,16H,5-6,8-11H2,1H3/t13-,14+,16+/m0/s1. The van der Waals surface area contributed by atoms with Gasteiger partial charge in [0.2, 0.25) is 5.89 Å². The molecule has 0 saturated heterocycles. The topological polar surface area (TPSA) is 65.2 Å². The molecule has 1 aromatic heterocycles. The van der Waals surface area contributed by atoms with Crippen molar-refractivity contribution in [1.29, 1.82) is 0 Å². The molecule has 0 N–H and O–H groups in total. The molecule has 3 atom stereocenters. The van der Waals surface area contributed by atoms with Crippen LogP contribution in [-0.4, -0.2) is 16.2 Å². The fourth-order valence-corrected chi connectivity index (χ4v) is 4.25. The summed E-state index contributed by atoms with van der Waals surface area (Å²) in [4.78, 5) is 12.1. The zero-order valence-electron chi connectivity index (χ0n) is 13.9. The zero-order chi connectivity index (χ0) is 16.5. The number of ether oxygens (including phenoxy) is 1. The molecule has 5 heteroatoms. The van der Waals surface area contributed by atoms with Crippen LogP contribution in [0.15, 0.2) is 28.7 Å². The molecule has 5 nitrogen and oxygen atoms in total. The summed E-state index contributed by atoms with van der Waals surface area (Å²) >= 11 is 0. The summed E-state index contributed by atoms with van der Waals surface area (Å²) in [5.41, 5.74) is 2.01. The maximum absolute atomic E-state index is 12.1. The number of hydrogen-bond donors (Lipinski definition) is 0. The van der Waals surface area contributed by atoms with E-state index >= 15 is 0 Å². The number of fused-ring (bicyclic) bond motifs is 2. The van der Waals surface area contributed by atoms with E-state index in [0.29, 0.717) is 24.1 Å². The van der Waals surface area contributed by atoms with Crippen LogP contribution in [0.1, 0.15) is 43.6 Å². The van der Waals surface area contributed by atoms with E-state index in [1.165, 1.54) is 25.7 Å². The van der Waals surface area contributed by atoms with Gasteiger partial charge in [0.15, 0.2) is 6.61 Å². The molecule has 2 fully saturated rings. The van der Waals surface area contributed by atoms with Gasteiger partial charge in [0.05, 0.1) is 0 Å². The van der Waals surface area contributed by atoms with Crippen LogP contribution in [0.5, 0.6) is 0 Å². The Labute approximate surface area is 141 Å². The fraction of sp³-hybridized carbons (Fsp3) is 0.526. The Morgan fingerprint density at radius 1 is 1.29 bits per heavy atom. The van der Waals surface area contributed by atoms with Crippen LogP contribution in [0.25, 0.3) is 11.5 Å². The maximum Gasteiger partial charge on any atom is 0.306 e. The molecule has 126 valence electrons. The second-order valence-electron chi connectivity index (χ2n) is 7.17. The lowest BCUT2D eigenvalue weighted by Crippen LogP contribution is -2.17. The second kappa shape index (κ2) is 6.38. The number of nitrogens with zero attached hydrogens (tertiary/aromatic N) is 2. The van der Waals surface area contributed by atoms with Gasteiger partial charge >= 0.3 is 5.97 Å². The molecule has 0 amide bonds. The van der Waals surface area contributed by atoms with Crippen LogP contribution in [0.4, 0.5) is 0 Å².